The molecule has 0 radical (unpaired) electrons. The van der Waals surface area contributed by atoms with Crippen molar-refractivity contribution < 1.29 is 14.3 Å². The van der Waals surface area contributed by atoms with Crippen LogP contribution in [0.2, 0.25) is 0 Å². The zero-order valence-corrected chi connectivity index (χ0v) is 13.0. The van der Waals surface area contributed by atoms with Crippen LogP contribution < -0.4 is 10.6 Å². The van der Waals surface area contributed by atoms with Crippen LogP contribution in [-0.2, 0) is 14.3 Å². The van der Waals surface area contributed by atoms with Gasteiger partial charge in [-0.1, -0.05) is 15.9 Å². The Bertz CT molecular complexity index is 435. The fourth-order valence-electron chi connectivity index (χ4n) is 1.53. The van der Waals surface area contributed by atoms with E-state index in [0.717, 1.165) is 10.2 Å². The summed E-state index contributed by atoms with van der Waals surface area (Å²) >= 11 is 3.33. The Kier molecular flexibility index (Phi) is 7.91. The van der Waals surface area contributed by atoms with E-state index < -0.39 is 0 Å². The Morgan fingerprint density at radius 3 is 2.60 bits per heavy atom. The van der Waals surface area contributed by atoms with E-state index in [1.54, 1.807) is 6.92 Å². The molecule has 6 heteroatoms. The average Bonchev–Trinajstić information content (AvgIpc) is 2.41. The molecule has 0 atom stereocenters. The van der Waals surface area contributed by atoms with Gasteiger partial charge in [-0.25, -0.2) is 0 Å². The summed E-state index contributed by atoms with van der Waals surface area (Å²) in [7, 11) is 0. The molecule has 1 amide bonds. The van der Waals surface area contributed by atoms with Gasteiger partial charge in [0.25, 0.3) is 0 Å². The van der Waals surface area contributed by atoms with Crippen molar-refractivity contribution in [2.45, 2.75) is 19.8 Å². The molecule has 0 heterocycles. The summed E-state index contributed by atoms with van der Waals surface area (Å²) in [6, 6.07) is 7.37. The summed E-state index contributed by atoms with van der Waals surface area (Å²) in [5.74, 6) is -0.308. The number of halogens is 1. The summed E-state index contributed by atoms with van der Waals surface area (Å²) in [5, 5.41) is 5.76. The van der Waals surface area contributed by atoms with E-state index >= 15 is 0 Å². The lowest BCUT2D eigenvalue weighted by molar-refractivity contribution is -0.143. The monoisotopic (exact) mass is 342 g/mol. The van der Waals surface area contributed by atoms with Crippen LogP contribution in [0.5, 0.6) is 0 Å². The molecule has 0 aliphatic carbocycles. The molecule has 1 aromatic rings. The predicted molar refractivity (Wildman–Crippen MR) is 81.5 cm³/mol. The molecule has 0 unspecified atom stereocenters. The van der Waals surface area contributed by atoms with Crippen molar-refractivity contribution in [1.82, 2.24) is 5.32 Å². The van der Waals surface area contributed by atoms with Crippen molar-refractivity contribution >= 4 is 33.5 Å². The number of esters is 1. The highest BCUT2D eigenvalue weighted by atomic mass is 79.9. The lowest BCUT2D eigenvalue weighted by atomic mass is 10.3. The fraction of sp³-hybridized carbons (Fsp3) is 0.429. The highest BCUT2D eigenvalue weighted by molar-refractivity contribution is 9.10. The summed E-state index contributed by atoms with van der Waals surface area (Å²) in [6.07, 6.45) is 1.03. The Morgan fingerprint density at radius 1 is 1.25 bits per heavy atom. The number of hydrogen-bond acceptors (Lipinski definition) is 4. The Labute approximate surface area is 127 Å². The minimum absolute atomic E-state index is 0.108. The van der Waals surface area contributed by atoms with E-state index in [1.165, 1.54) is 0 Å². The average molecular weight is 343 g/mol. The molecule has 2 N–H and O–H groups in total. The summed E-state index contributed by atoms with van der Waals surface area (Å²) in [5.41, 5.74) is 0.756. The molecule has 1 rings (SSSR count). The van der Waals surface area contributed by atoms with Gasteiger partial charge in [0.15, 0.2) is 0 Å². The van der Waals surface area contributed by atoms with Crippen molar-refractivity contribution in [2.75, 3.05) is 25.0 Å². The van der Waals surface area contributed by atoms with Crippen LogP contribution >= 0.6 is 15.9 Å². The maximum Gasteiger partial charge on any atom is 0.305 e. The molecule has 0 spiro atoms. The van der Waals surface area contributed by atoms with Crippen LogP contribution in [0.15, 0.2) is 28.7 Å². The van der Waals surface area contributed by atoms with Crippen molar-refractivity contribution in [1.29, 1.82) is 0 Å². The van der Waals surface area contributed by atoms with Crippen molar-refractivity contribution in [3.8, 4) is 0 Å². The molecule has 0 bridgehead atoms. The zero-order valence-electron chi connectivity index (χ0n) is 11.4. The number of nitrogens with one attached hydrogen (secondary N) is 2. The third kappa shape index (κ3) is 7.25. The maximum atomic E-state index is 11.6. The second-order valence-corrected chi connectivity index (χ2v) is 5.06. The van der Waals surface area contributed by atoms with Crippen LogP contribution in [0.25, 0.3) is 0 Å². The molecule has 5 nitrogen and oxygen atoms in total. The minimum Gasteiger partial charge on any atom is -0.466 e. The van der Waals surface area contributed by atoms with E-state index in [-0.39, 0.29) is 18.4 Å². The number of rotatable bonds is 8. The number of ether oxygens (including phenoxy) is 1. The quantitative estimate of drug-likeness (QED) is 0.562. The highest BCUT2D eigenvalue weighted by Gasteiger charge is 2.03. The van der Waals surface area contributed by atoms with Gasteiger partial charge in [0.1, 0.15) is 0 Å². The molecule has 0 aromatic heterocycles. The van der Waals surface area contributed by atoms with Gasteiger partial charge in [-0.15, -0.1) is 0 Å². The number of benzene rings is 1. The molecule has 110 valence electrons. The normalized spacial score (nSPS) is 10.1. The summed E-state index contributed by atoms with van der Waals surface area (Å²) in [6.45, 7) is 3.01. The second-order valence-electron chi connectivity index (χ2n) is 4.14. The van der Waals surface area contributed by atoms with Crippen molar-refractivity contribution in [3.63, 3.8) is 0 Å². The Balaban J connectivity index is 2.11. The van der Waals surface area contributed by atoms with E-state index in [0.29, 0.717) is 26.0 Å². The van der Waals surface area contributed by atoms with Crippen LogP contribution in [-0.4, -0.2) is 31.6 Å². The highest BCUT2D eigenvalue weighted by Crippen LogP contribution is 2.13. The first-order valence-corrected chi connectivity index (χ1v) is 7.33. The smallest absolute Gasteiger partial charge is 0.305 e. The Morgan fingerprint density at radius 2 is 1.95 bits per heavy atom. The van der Waals surface area contributed by atoms with E-state index in [2.05, 4.69) is 26.6 Å². The fourth-order valence-corrected chi connectivity index (χ4v) is 1.80. The first kappa shape index (κ1) is 16.7. The third-order valence-electron chi connectivity index (χ3n) is 2.45. The summed E-state index contributed by atoms with van der Waals surface area (Å²) < 4.78 is 5.77. The van der Waals surface area contributed by atoms with Gasteiger partial charge in [-0.3, -0.25) is 9.59 Å². The van der Waals surface area contributed by atoms with Crippen molar-refractivity contribution in [2.24, 2.45) is 0 Å². The zero-order chi connectivity index (χ0) is 14.8. The SMILES string of the molecule is CCOC(=O)CCCNCC(=O)Nc1ccc(Br)cc1. The third-order valence-corrected chi connectivity index (χ3v) is 2.98. The van der Waals surface area contributed by atoms with Gasteiger partial charge >= 0.3 is 5.97 Å². The molecule has 0 saturated heterocycles. The molecular formula is C14H19BrN2O3. The number of carbonyl (C=O) groups is 2. The maximum absolute atomic E-state index is 11.6. The first-order chi connectivity index (χ1) is 9.61. The molecule has 0 aliphatic rings. The van der Waals surface area contributed by atoms with Crippen LogP contribution in [0.3, 0.4) is 0 Å². The van der Waals surface area contributed by atoms with Gasteiger partial charge in [-0.05, 0) is 44.2 Å². The number of amides is 1. The molecule has 20 heavy (non-hydrogen) atoms. The van der Waals surface area contributed by atoms with Crippen LogP contribution in [0.4, 0.5) is 5.69 Å². The van der Waals surface area contributed by atoms with Crippen LogP contribution in [0, 0.1) is 0 Å². The molecule has 1 aromatic carbocycles. The lowest BCUT2D eigenvalue weighted by Gasteiger charge is -2.07. The lowest BCUT2D eigenvalue weighted by Crippen LogP contribution is -2.29. The summed E-state index contributed by atoms with van der Waals surface area (Å²) in [4.78, 5) is 22.7. The number of anilines is 1. The number of carbonyl (C=O) groups excluding carboxylic acids is 2. The van der Waals surface area contributed by atoms with E-state index in [9.17, 15) is 9.59 Å². The van der Waals surface area contributed by atoms with Gasteiger partial charge in [-0.2, -0.15) is 0 Å². The molecule has 0 saturated carbocycles. The molecule has 0 fully saturated rings. The largest absolute Gasteiger partial charge is 0.466 e. The molecular weight excluding hydrogens is 324 g/mol. The van der Waals surface area contributed by atoms with E-state index in [1.807, 2.05) is 24.3 Å². The Hall–Kier alpha value is -1.40. The topological polar surface area (TPSA) is 67.4 Å². The van der Waals surface area contributed by atoms with Gasteiger partial charge < -0.3 is 15.4 Å². The van der Waals surface area contributed by atoms with Gasteiger partial charge in [0.05, 0.1) is 13.2 Å². The predicted octanol–water partition coefficient (Wildman–Crippen LogP) is 2.32. The van der Waals surface area contributed by atoms with E-state index in [4.69, 9.17) is 4.74 Å². The van der Waals surface area contributed by atoms with Gasteiger partial charge in [0, 0.05) is 16.6 Å². The standard InChI is InChI=1S/C14H19BrN2O3/c1-2-20-14(19)4-3-9-16-10-13(18)17-12-7-5-11(15)6-8-12/h5-8,16H,2-4,9-10H2,1H3,(H,17,18). The minimum atomic E-state index is -0.200. The number of hydrogen-bond donors (Lipinski definition) is 2. The molecule has 0 aliphatic heterocycles. The second kappa shape index (κ2) is 9.50. The van der Waals surface area contributed by atoms with Crippen molar-refractivity contribution in [3.05, 3.63) is 28.7 Å². The van der Waals surface area contributed by atoms with Gasteiger partial charge in [0.2, 0.25) is 5.91 Å². The van der Waals surface area contributed by atoms with Crippen LogP contribution in [0.1, 0.15) is 19.8 Å². The first-order valence-electron chi connectivity index (χ1n) is 6.53.